The smallest absolute Gasteiger partial charge is 0.131 e. The number of benzene rings is 2. The predicted octanol–water partition coefficient (Wildman–Crippen LogP) is 4.87. The molecule has 0 heterocycles. The maximum absolute atomic E-state index is 13.7. The molecule has 0 saturated carbocycles. The molecule has 26 heavy (non-hydrogen) atoms. The van der Waals surface area contributed by atoms with Gasteiger partial charge in [-0.05, 0) is 66.1 Å². The zero-order valence-corrected chi connectivity index (χ0v) is 16.5. The molecule has 2 aromatic rings. The second-order valence-corrected chi connectivity index (χ2v) is 7.13. The quantitative estimate of drug-likeness (QED) is 0.453. The number of ether oxygens (including phenoxy) is 2. The van der Waals surface area contributed by atoms with Gasteiger partial charge in [-0.15, -0.1) is 0 Å². The van der Waals surface area contributed by atoms with Crippen LogP contribution in [-0.4, -0.2) is 26.0 Å². The summed E-state index contributed by atoms with van der Waals surface area (Å²) in [6.45, 7) is 1.43. The minimum atomic E-state index is -0.485. The van der Waals surface area contributed by atoms with Crippen molar-refractivity contribution in [2.45, 2.75) is 19.3 Å². The summed E-state index contributed by atoms with van der Waals surface area (Å²) in [5.74, 6) is 0.536. The van der Waals surface area contributed by atoms with Crippen LogP contribution < -0.4 is 4.74 Å². The topological polar surface area (TPSA) is 54.6 Å². The summed E-state index contributed by atoms with van der Waals surface area (Å²) in [6, 6.07) is 9.85. The van der Waals surface area contributed by atoms with Crippen LogP contribution in [0.2, 0.25) is 0 Å². The van der Waals surface area contributed by atoms with Gasteiger partial charge in [-0.2, -0.15) is 5.26 Å². The average molecular weight is 464 g/mol. The summed E-state index contributed by atoms with van der Waals surface area (Å²) >= 11 is 2.31. The van der Waals surface area contributed by atoms with E-state index in [1.807, 2.05) is 18.2 Å². The Morgan fingerprint density at radius 1 is 1.27 bits per heavy atom. The first-order valence-electron chi connectivity index (χ1n) is 8.35. The van der Waals surface area contributed by atoms with E-state index in [-0.39, 0.29) is 5.56 Å². The van der Waals surface area contributed by atoms with E-state index in [9.17, 15) is 4.39 Å². The van der Waals surface area contributed by atoms with Crippen molar-refractivity contribution in [3.8, 4) is 17.6 Å². The van der Waals surface area contributed by atoms with Gasteiger partial charge in [0.15, 0.2) is 0 Å². The molecule has 0 amide bonds. The molecule has 0 radical (unpaired) electrons. The number of aliphatic imine (C=N–C) groups is 1. The molecule has 0 fully saturated rings. The van der Waals surface area contributed by atoms with E-state index in [1.54, 1.807) is 13.2 Å². The van der Waals surface area contributed by atoms with Gasteiger partial charge in [0, 0.05) is 46.7 Å². The number of halogens is 2. The molecule has 0 aromatic heterocycles. The van der Waals surface area contributed by atoms with Crippen LogP contribution in [0.5, 0.6) is 11.5 Å². The minimum absolute atomic E-state index is 0.238. The van der Waals surface area contributed by atoms with Gasteiger partial charge in [-0.3, -0.25) is 4.99 Å². The molecular formula is C20H18FIN2O2. The average Bonchev–Trinajstić information content (AvgIpc) is 3.06. The van der Waals surface area contributed by atoms with Crippen molar-refractivity contribution >= 4 is 28.3 Å². The molecule has 1 aliphatic carbocycles. The fourth-order valence-corrected chi connectivity index (χ4v) is 3.84. The number of hydrogen-bond acceptors (Lipinski definition) is 4. The maximum atomic E-state index is 13.7. The van der Waals surface area contributed by atoms with Crippen molar-refractivity contribution in [3.05, 3.63) is 56.4 Å². The van der Waals surface area contributed by atoms with E-state index < -0.39 is 5.82 Å². The highest BCUT2D eigenvalue weighted by Gasteiger charge is 2.24. The third kappa shape index (κ3) is 4.22. The highest BCUT2D eigenvalue weighted by molar-refractivity contribution is 14.1. The molecule has 134 valence electrons. The van der Waals surface area contributed by atoms with E-state index in [0.29, 0.717) is 18.1 Å². The van der Waals surface area contributed by atoms with Crippen LogP contribution in [-0.2, 0) is 11.2 Å². The zero-order chi connectivity index (χ0) is 18.5. The Bertz CT molecular complexity index is 890. The molecule has 0 N–H and O–H groups in total. The third-order valence-electron chi connectivity index (χ3n) is 4.16. The predicted molar refractivity (Wildman–Crippen MR) is 107 cm³/mol. The lowest BCUT2D eigenvalue weighted by atomic mass is 10.1. The maximum Gasteiger partial charge on any atom is 0.131 e. The van der Waals surface area contributed by atoms with Crippen LogP contribution in [0.25, 0.3) is 0 Å². The lowest BCUT2D eigenvalue weighted by molar-refractivity contribution is 0.197. The Kier molecular flexibility index (Phi) is 6.22. The Morgan fingerprint density at radius 3 is 2.88 bits per heavy atom. The Balaban J connectivity index is 1.89. The highest BCUT2D eigenvalue weighted by atomic mass is 127. The molecule has 0 unspecified atom stereocenters. The lowest BCUT2D eigenvalue weighted by Gasteiger charge is -2.12. The fourth-order valence-electron chi connectivity index (χ4n) is 3.02. The van der Waals surface area contributed by atoms with E-state index >= 15 is 0 Å². The van der Waals surface area contributed by atoms with Crippen molar-refractivity contribution in [3.63, 3.8) is 0 Å². The van der Waals surface area contributed by atoms with Gasteiger partial charge in [0.25, 0.3) is 0 Å². The second kappa shape index (κ2) is 8.60. The van der Waals surface area contributed by atoms with Crippen LogP contribution in [0, 0.1) is 20.7 Å². The van der Waals surface area contributed by atoms with Crippen LogP contribution in [0.1, 0.15) is 29.5 Å². The molecule has 0 atom stereocenters. The molecule has 6 heteroatoms. The summed E-state index contributed by atoms with van der Waals surface area (Å²) in [5.41, 5.74) is 3.54. The summed E-state index contributed by atoms with van der Waals surface area (Å²) in [5, 5.41) is 9.00. The normalized spacial score (nSPS) is 14.3. The molecule has 0 aliphatic heterocycles. The van der Waals surface area contributed by atoms with Gasteiger partial charge in [0.2, 0.25) is 0 Å². The molecular weight excluding hydrogens is 446 g/mol. The SMILES string of the molecule is COCCCN=C1CCc2c(Oc3cc(F)cc(C#N)c3)ccc(I)c21. The van der Waals surface area contributed by atoms with E-state index in [1.165, 1.54) is 12.1 Å². The minimum Gasteiger partial charge on any atom is -0.457 e. The largest absolute Gasteiger partial charge is 0.457 e. The number of fused-ring (bicyclic) bond motifs is 1. The number of methoxy groups -OCH3 is 1. The third-order valence-corrected chi connectivity index (χ3v) is 5.06. The molecule has 0 spiro atoms. The van der Waals surface area contributed by atoms with Crippen molar-refractivity contribution in [2.24, 2.45) is 4.99 Å². The fraction of sp³-hybridized carbons (Fsp3) is 0.300. The molecule has 4 nitrogen and oxygen atoms in total. The molecule has 3 rings (SSSR count). The van der Waals surface area contributed by atoms with Gasteiger partial charge in [-0.1, -0.05) is 0 Å². The van der Waals surface area contributed by atoms with Gasteiger partial charge >= 0.3 is 0 Å². The van der Waals surface area contributed by atoms with E-state index in [4.69, 9.17) is 19.7 Å². The molecule has 1 aliphatic rings. The van der Waals surface area contributed by atoms with E-state index in [2.05, 4.69) is 22.6 Å². The first-order chi connectivity index (χ1) is 12.6. The summed E-state index contributed by atoms with van der Waals surface area (Å²) in [7, 11) is 1.69. The Morgan fingerprint density at radius 2 is 2.12 bits per heavy atom. The lowest BCUT2D eigenvalue weighted by Crippen LogP contribution is -2.02. The Labute approximate surface area is 165 Å². The van der Waals surface area contributed by atoms with Crippen LogP contribution in [0.4, 0.5) is 4.39 Å². The zero-order valence-electron chi connectivity index (χ0n) is 14.4. The molecule has 2 aromatic carbocycles. The first kappa shape index (κ1) is 18.8. The Hall–Kier alpha value is -1.98. The molecule has 0 saturated heterocycles. The highest BCUT2D eigenvalue weighted by Crippen LogP contribution is 2.37. The number of nitrogens with zero attached hydrogens (tertiary/aromatic N) is 2. The van der Waals surface area contributed by atoms with Crippen LogP contribution in [0.15, 0.2) is 35.3 Å². The van der Waals surface area contributed by atoms with Gasteiger partial charge in [0.1, 0.15) is 17.3 Å². The standard InChI is InChI=1S/C20H18FIN2O2/c1-25-8-2-7-24-18-5-3-16-19(6-4-17(22)20(16)18)26-15-10-13(12-23)9-14(21)11-15/h4,6,9-11H,2-3,5,7-8H2,1H3. The van der Waals surface area contributed by atoms with Crippen molar-refractivity contribution in [1.82, 2.24) is 0 Å². The van der Waals surface area contributed by atoms with Gasteiger partial charge in [-0.25, -0.2) is 4.39 Å². The van der Waals surface area contributed by atoms with Crippen molar-refractivity contribution in [2.75, 3.05) is 20.3 Å². The monoisotopic (exact) mass is 464 g/mol. The van der Waals surface area contributed by atoms with Crippen molar-refractivity contribution < 1.29 is 13.9 Å². The first-order valence-corrected chi connectivity index (χ1v) is 9.43. The summed E-state index contributed by atoms with van der Waals surface area (Å²) in [6.07, 6.45) is 2.60. The number of hydrogen-bond donors (Lipinski definition) is 0. The second-order valence-electron chi connectivity index (χ2n) is 5.96. The number of nitriles is 1. The summed E-state index contributed by atoms with van der Waals surface area (Å²) in [4.78, 5) is 4.73. The van der Waals surface area contributed by atoms with Gasteiger partial charge < -0.3 is 9.47 Å². The number of rotatable bonds is 6. The van der Waals surface area contributed by atoms with E-state index in [0.717, 1.165) is 46.2 Å². The molecule has 0 bridgehead atoms. The van der Waals surface area contributed by atoms with Crippen molar-refractivity contribution in [1.29, 1.82) is 5.26 Å². The van der Waals surface area contributed by atoms with Gasteiger partial charge in [0.05, 0.1) is 11.6 Å². The van der Waals surface area contributed by atoms with Crippen LogP contribution in [0.3, 0.4) is 0 Å². The van der Waals surface area contributed by atoms with Crippen LogP contribution >= 0.6 is 22.6 Å². The summed E-state index contributed by atoms with van der Waals surface area (Å²) < 4.78 is 25.8.